The van der Waals surface area contributed by atoms with Crippen LogP contribution in [-0.2, 0) is 4.74 Å². The summed E-state index contributed by atoms with van der Waals surface area (Å²) in [4.78, 5) is 0. The lowest BCUT2D eigenvalue weighted by molar-refractivity contribution is 0.173. The van der Waals surface area contributed by atoms with E-state index in [9.17, 15) is 0 Å². The third-order valence-electron chi connectivity index (χ3n) is 1.35. The second-order valence-electron chi connectivity index (χ2n) is 3.41. The lowest BCUT2D eigenvalue weighted by Gasteiger charge is -2.22. The molecular formula is C7H16BrOSi. The summed E-state index contributed by atoms with van der Waals surface area (Å²) in [5, 5.41) is 0. The van der Waals surface area contributed by atoms with Crippen LogP contribution >= 0.6 is 15.9 Å². The predicted octanol–water partition coefficient (Wildman–Crippen LogP) is 2.48. The molecule has 3 heteroatoms. The van der Waals surface area contributed by atoms with E-state index in [1.807, 2.05) is 0 Å². The Hall–Kier alpha value is 0.657. The minimum atomic E-state index is -1.03. The van der Waals surface area contributed by atoms with Crippen LogP contribution in [0.15, 0.2) is 0 Å². The van der Waals surface area contributed by atoms with E-state index in [2.05, 4.69) is 42.5 Å². The van der Waals surface area contributed by atoms with Crippen molar-refractivity contribution in [3.05, 3.63) is 6.92 Å². The van der Waals surface area contributed by atoms with Crippen LogP contribution < -0.4 is 0 Å². The molecule has 0 aliphatic rings. The summed E-state index contributed by atoms with van der Waals surface area (Å²) in [5.74, 6) is 0. The SMILES string of the molecule is [CH2]COCC(Br)[Si](C)(C)C. The summed E-state index contributed by atoms with van der Waals surface area (Å²) < 4.78 is 5.76. The monoisotopic (exact) mass is 223 g/mol. The Morgan fingerprint density at radius 1 is 1.50 bits per heavy atom. The van der Waals surface area contributed by atoms with Crippen LogP contribution in [0, 0.1) is 6.92 Å². The second kappa shape index (κ2) is 4.52. The lowest BCUT2D eigenvalue weighted by atomic mass is 10.8. The third-order valence-corrected chi connectivity index (χ3v) is 7.78. The third kappa shape index (κ3) is 4.47. The highest BCUT2D eigenvalue weighted by molar-refractivity contribution is 9.10. The molecule has 0 aliphatic heterocycles. The largest absolute Gasteiger partial charge is 0.381 e. The van der Waals surface area contributed by atoms with E-state index in [0.29, 0.717) is 11.1 Å². The summed E-state index contributed by atoms with van der Waals surface area (Å²) >= 11 is 3.61. The first-order chi connectivity index (χ1) is 4.48. The van der Waals surface area contributed by atoms with Crippen molar-refractivity contribution in [2.75, 3.05) is 13.2 Å². The van der Waals surface area contributed by atoms with Gasteiger partial charge in [0.15, 0.2) is 0 Å². The topological polar surface area (TPSA) is 9.23 Å². The fraction of sp³-hybridized carbons (Fsp3) is 0.857. The van der Waals surface area contributed by atoms with Crippen molar-refractivity contribution < 1.29 is 4.74 Å². The van der Waals surface area contributed by atoms with Crippen LogP contribution in [0.4, 0.5) is 0 Å². The fourth-order valence-electron chi connectivity index (χ4n) is 0.437. The van der Waals surface area contributed by atoms with E-state index >= 15 is 0 Å². The molecule has 1 unspecified atom stereocenters. The van der Waals surface area contributed by atoms with Crippen LogP contribution in [0.3, 0.4) is 0 Å². The van der Waals surface area contributed by atoms with Crippen LogP contribution in [0.1, 0.15) is 0 Å². The fourth-order valence-corrected chi connectivity index (χ4v) is 1.24. The molecule has 0 aromatic heterocycles. The molecule has 1 atom stereocenters. The summed E-state index contributed by atoms with van der Waals surface area (Å²) in [6, 6.07) is 0. The van der Waals surface area contributed by atoms with Gasteiger partial charge in [0, 0.05) is 11.1 Å². The van der Waals surface area contributed by atoms with Gasteiger partial charge in [-0.3, -0.25) is 0 Å². The predicted molar refractivity (Wildman–Crippen MR) is 52.2 cm³/mol. The van der Waals surface area contributed by atoms with Gasteiger partial charge in [-0.25, -0.2) is 0 Å². The van der Waals surface area contributed by atoms with Crippen molar-refractivity contribution >= 4 is 24.0 Å². The average Bonchev–Trinajstić information content (AvgIpc) is 1.80. The number of hydrogen-bond donors (Lipinski definition) is 0. The average molecular weight is 224 g/mol. The second-order valence-corrected chi connectivity index (χ2v) is 10.8. The van der Waals surface area contributed by atoms with Gasteiger partial charge in [-0.2, -0.15) is 0 Å². The van der Waals surface area contributed by atoms with Gasteiger partial charge < -0.3 is 4.74 Å². The Morgan fingerprint density at radius 2 is 2.00 bits per heavy atom. The Labute approximate surface area is 73.3 Å². The summed E-state index contributed by atoms with van der Waals surface area (Å²) in [6.07, 6.45) is 0. The number of alkyl halides is 1. The van der Waals surface area contributed by atoms with Crippen molar-refractivity contribution in [1.82, 2.24) is 0 Å². The van der Waals surface area contributed by atoms with Crippen molar-refractivity contribution in [2.45, 2.75) is 24.1 Å². The van der Waals surface area contributed by atoms with Crippen molar-refractivity contribution in [1.29, 1.82) is 0 Å². The Balaban J connectivity index is 3.52. The molecule has 0 saturated carbocycles. The van der Waals surface area contributed by atoms with E-state index < -0.39 is 8.07 Å². The van der Waals surface area contributed by atoms with Crippen LogP contribution in [0.2, 0.25) is 19.6 Å². The first kappa shape index (κ1) is 10.7. The molecule has 10 heavy (non-hydrogen) atoms. The van der Waals surface area contributed by atoms with Gasteiger partial charge in [-0.15, -0.1) is 0 Å². The highest BCUT2D eigenvalue weighted by atomic mass is 79.9. The zero-order chi connectivity index (χ0) is 8.20. The molecule has 0 aromatic rings. The normalized spacial score (nSPS) is 15.3. The maximum atomic E-state index is 5.20. The summed E-state index contributed by atoms with van der Waals surface area (Å²) in [7, 11) is -1.03. The first-order valence-electron chi connectivity index (χ1n) is 3.49. The number of ether oxygens (including phenoxy) is 1. The molecular weight excluding hydrogens is 208 g/mol. The van der Waals surface area contributed by atoms with Crippen LogP contribution in [-0.4, -0.2) is 25.7 Å². The smallest absolute Gasteiger partial charge is 0.0625 e. The molecule has 61 valence electrons. The van der Waals surface area contributed by atoms with E-state index in [4.69, 9.17) is 4.74 Å². The van der Waals surface area contributed by atoms with E-state index in [0.717, 1.165) is 6.61 Å². The zero-order valence-electron chi connectivity index (χ0n) is 6.98. The molecule has 1 radical (unpaired) electrons. The highest BCUT2D eigenvalue weighted by Crippen LogP contribution is 2.15. The van der Waals surface area contributed by atoms with Gasteiger partial charge in [0.25, 0.3) is 0 Å². The van der Waals surface area contributed by atoms with E-state index in [-0.39, 0.29) is 0 Å². The quantitative estimate of drug-likeness (QED) is 0.526. The van der Waals surface area contributed by atoms with Crippen molar-refractivity contribution in [3.63, 3.8) is 0 Å². The Morgan fingerprint density at radius 3 is 2.30 bits per heavy atom. The molecule has 0 bridgehead atoms. The minimum absolute atomic E-state index is 0.557. The van der Waals surface area contributed by atoms with Gasteiger partial charge >= 0.3 is 0 Å². The highest BCUT2D eigenvalue weighted by Gasteiger charge is 2.23. The maximum Gasteiger partial charge on any atom is 0.0625 e. The lowest BCUT2D eigenvalue weighted by Crippen LogP contribution is -2.36. The van der Waals surface area contributed by atoms with Gasteiger partial charge in [-0.1, -0.05) is 35.6 Å². The Kier molecular flexibility index (Phi) is 4.81. The molecule has 0 spiro atoms. The van der Waals surface area contributed by atoms with E-state index in [1.165, 1.54) is 0 Å². The van der Waals surface area contributed by atoms with Gasteiger partial charge in [0.1, 0.15) is 0 Å². The molecule has 1 nitrogen and oxygen atoms in total. The standard InChI is InChI=1S/C7H16BrOSi/c1-5-9-6-7(8)10(2,3)4/h7H,1,5-6H2,2-4H3. The van der Waals surface area contributed by atoms with Crippen molar-refractivity contribution in [2.24, 2.45) is 0 Å². The molecule has 0 heterocycles. The number of rotatable bonds is 4. The van der Waals surface area contributed by atoms with Gasteiger partial charge in [-0.05, 0) is 6.92 Å². The molecule has 0 fully saturated rings. The first-order valence-corrected chi connectivity index (χ1v) is 7.99. The molecule has 0 amide bonds. The van der Waals surface area contributed by atoms with E-state index in [1.54, 1.807) is 0 Å². The number of halogens is 1. The zero-order valence-corrected chi connectivity index (χ0v) is 9.57. The summed E-state index contributed by atoms with van der Waals surface area (Å²) in [5.41, 5.74) is 0. The molecule has 0 rings (SSSR count). The molecule has 0 aromatic carbocycles. The maximum absolute atomic E-state index is 5.20. The molecule has 0 aliphatic carbocycles. The molecule has 0 N–H and O–H groups in total. The summed E-state index contributed by atoms with van der Waals surface area (Å²) in [6.45, 7) is 11.9. The Bertz CT molecular complexity index is 90.1. The van der Waals surface area contributed by atoms with Crippen LogP contribution in [0.5, 0.6) is 0 Å². The van der Waals surface area contributed by atoms with Gasteiger partial charge in [0.2, 0.25) is 0 Å². The number of hydrogen-bond acceptors (Lipinski definition) is 1. The van der Waals surface area contributed by atoms with Gasteiger partial charge in [0.05, 0.1) is 14.7 Å². The minimum Gasteiger partial charge on any atom is -0.381 e. The van der Waals surface area contributed by atoms with Crippen LogP contribution in [0.25, 0.3) is 0 Å². The molecule has 0 saturated heterocycles. The van der Waals surface area contributed by atoms with Crippen molar-refractivity contribution in [3.8, 4) is 0 Å².